The number of hydrogen-bond acceptors (Lipinski definition) is 4. The first-order chi connectivity index (χ1) is 10.8. The van der Waals surface area contributed by atoms with Gasteiger partial charge in [-0.15, -0.1) is 0 Å². The van der Waals surface area contributed by atoms with E-state index in [2.05, 4.69) is 4.90 Å². The average molecular weight is 305 g/mol. The van der Waals surface area contributed by atoms with E-state index >= 15 is 0 Å². The summed E-state index contributed by atoms with van der Waals surface area (Å²) in [5, 5.41) is 0. The third kappa shape index (κ3) is 3.93. The van der Waals surface area contributed by atoms with Crippen molar-refractivity contribution in [3.05, 3.63) is 24.3 Å². The van der Waals surface area contributed by atoms with Crippen molar-refractivity contribution in [2.45, 2.75) is 25.7 Å². The second kappa shape index (κ2) is 7.34. The van der Waals surface area contributed by atoms with Gasteiger partial charge in [-0.25, -0.2) is 0 Å². The van der Waals surface area contributed by atoms with Crippen LogP contribution in [0.3, 0.4) is 0 Å². The molecule has 1 aromatic rings. The number of piperidine rings is 1. The first-order valence-electron chi connectivity index (χ1n) is 8.37. The maximum atomic E-state index is 5.86. The summed E-state index contributed by atoms with van der Waals surface area (Å²) in [6.45, 7) is 6.05. The molecule has 0 amide bonds. The van der Waals surface area contributed by atoms with Crippen LogP contribution in [0.25, 0.3) is 0 Å². The van der Waals surface area contributed by atoms with Crippen LogP contribution in [-0.2, 0) is 4.74 Å². The third-order valence-corrected chi connectivity index (χ3v) is 5.03. The summed E-state index contributed by atoms with van der Waals surface area (Å²) < 4.78 is 16.6. The SMILES string of the molecule is COc1ccc(OCCN2CCCC3(CCOCC3)C2)cc1. The van der Waals surface area contributed by atoms with Gasteiger partial charge in [0, 0.05) is 26.3 Å². The number of rotatable bonds is 5. The van der Waals surface area contributed by atoms with Crippen LogP contribution in [0.1, 0.15) is 25.7 Å². The molecule has 0 radical (unpaired) electrons. The Morgan fingerprint density at radius 3 is 2.55 bits per heavy atom. The minimum atomic E-state index is 0.511. The first-order valence-corrected chi connectivity index (χ1v) is 8.37. The Balaban J connectivity index is 1.44. The van der Waals surface area contributed by atoms with Gasteiger partial charge in [-0.3, -0.25) is 4.90 Å². The molecular weight excluding hydrogens is 278 g/mol. The zero-order valence-electron chi connectivity index (χ0n) is 13.6. The molecule has 1 aromatic carbocycles. The van der Waals surface area contributed by atoms with Crippen LogP contribution < -0.4 is 9.47 Å². The number of hydrogen-bond donors (Lipinski definition) is 0. The molecule has 0 atom stereocenters. The summed E-state index contributed by atoms with van der Waals surface area (Å²) in [7, 11) is 1.68. The van der Waals surface area contributed by atoms with E-state index in [9.17, 15) is 0 Å². The van der Waals surface area contributed by atoms with Crippen molar-refractivity contribution >= 4 is 0 Å². The number of methoxy groups -OCH3 is 1. The van der Waals surface area contributed by atoms with Crippen LogP contribution in [0.2, 0.25) is 0 Å². The van der Waals surface area contributed by atoms with E-state index in [0.29, 0.717) is 5.41 Å². The molecule has 2 aliphatic heterocycles. The lowest BCUT2D eigenvalue weighted by Crippen LogP contribution is -2.47. The molecule has 2 heterocycles. The van der Waals surface area contributed by atoms with Crippen molar-refractivity contribution in [1.29, 1.82) is 0 Å². The van der Waals surface area contributed by atoms with Crippen molar-refractivity contribution in [3.63, 3.8) is 0 Å². The fraction of sp³-hybridized carbons (Fsp3) is 0.667. The smallest absolute Gasteiger partial charge is 0.119 e. The molecule has 0 unspecified atom stereocenters. The predicted molar refractivity (Wildman–Crippen MR) is 86.6 cm³/mol. The van der Waals surface area contributed by atoms with E-state index in [1.165, 1.54) is 38.8 Å². The van der Waals surface area contributed by atoms with Gasteiger partial charge in [-0.05, 0) is 61.9 Å². The van der Waals surface area contributed by atoms with Gasteiger partial charge in [0.05, 0.1) is 7.11 Å². The topological polar surface area (TPSA) is 30.9 Å². The second-order valence-corrected chi connectivity index (χ2v) is 6.52. The maximum Gasteiger partial charge on any atom is 0.119 e. The number of likely N-dealkylation sites (tertiary alicyclic amines) is 1. The number of ether oxygens (including phenoxy) is 3. The van der Waals surface area contributed by atoms with Crippen LogP contribution in [0.15, 0.2) is 24.3 Å². The fourth-order valence-corrected chi connectivity index (χ4v) is 3.68. The quantitative estimate of drug-likeness (QED) is 0.837. The molecule has 0 aliphatic carbocycles. The lowest BCUT2D eigenvalue weighted by atomic mass is 9.74. The molecular formula is C18H27NO3. The lowest BCUT2D eigenvalue weighted by molar-refractivity contribution is -0.0291. The summed E-state index contributed by atoms with van der Waals surface area (Å²) in [5.74, 6) is 1.78. The Kier molecular flexibility index (Phi) is 5.21. The van der Waals surface area contributed by atoms with E-state index < -0.39 is 0 Å². The van der Waals surface area contributed by atoms with Gasteiger partial charge in [0.25, 0.3) is 0 Å². The zero-order chi connectivity index (χ0) is 15.3. The summed E-state index contributed by atoms with van der Waals surface area (Å²) in [6, 6.07) is 7.81. The van der Waals surface area contributed by atoms with E-state index in [-0.39, 0.29) is 0 Å². The normalized spacial score (nSPS) is 21.7. The number of nitrogens with zero attached hydrogens (tertiary/aromatic N) is 1. The van der Waals surface area contributed by atoms with E-state index in [1.807, 2.05) is 24.3 Å². The second-order valence-electron chi connectivity index (χ2n) is 6.52. The molecule has 3 rings (SSSR count). The van der Waals surface area contributed by atoms with Crippen LogP contribution in [0.4, 0.5) is 0 Å². The molecule has 0 aromatic heterocycles. The van der Waals surface area contributed by atoms with E-state index in [4.69, 9.17) is 14.2 Å². The standard InChI is InChI=1S/C18H27NO3/c1-20-16-3-5-17(6-4-16)22-14-11-19-10-2-7-18(15-19)8-12-21-13-9-18/h3-6H,2,7-15H2,1H3. The zero-order valence-corrected chi connectivity index (χ0v) is 13.6. The molecule has 0 bridgehead atoms. The predicted octanol–water partition coefficient (Wildman–Crippen LogP) is 2.97. The van der Waals surface area contributed by atoms with E-state index in [1.54, 1.807) is 7.11 Å². The Bertz CT molecular complexity index is 448. The van der Waals surface area contributed by atoms with Gasteiger partial charge in [0.15, 0.2) is 0 Å². The average Bonchev–Trinajstić information content (AvgIpc) is 2.56. The molecule has 2 saturated heterocycles. The highest BCUT2D eigenvalue weighted by atomic mass is 16.5. The molecule has 1 spiro atoms. The van der Waals surface area contributed by atoms with Gasteiger partial charge >= 0.3 is 0 Å². The highest BCUT2D eigenvalue weighted by molar-refractivity contribution is 5.31. The highest BCUT2D eigenvalue weighted by Crippen LogP contribution is 2.38. The fourth-order valence-electron chi connectivity index (χ4n) is 3.68. The van der Waals surface area contributed by atoms with Crippen LogP contribution in [-0.4, -0.2) is 51.5 Å². The molecule has 22 heavy (non-hydrogen) atoms. The molecule has 2 aliphatic rings. The maximum absolute atomic E-state index is 5.86. The van der Waals surface area contributed by atoms with Gasteiger partial charge < -0.3 is 14.2 Å². The Morgan fingerprint density at radius 1 is 1.09 bits per heavy atom. The molecule has 2 fully saturated rings. The molecule has 0 saturated carbocycles. The first kappa shape index (κ1) is 15.6. The van der Waals surface area contributed by atoms with Crippen LogP contribution in [0, 0.1) is 5.41 Å². The molecule has 4 heteroatoms. The van der Waals surface area contributed by atoms with Crippen molar-refractivity contribution in [2.24, 2.45) is 5.41 Å². The Labute approximate surface area is 133 Å². The third-order valence-electron chi connectivity index (χ3n) is 5.03. The minimum Gasteiger partial charge on any atom is -0.497 e. The van der Waals surface area contributed by atoms with Gasteiger partial charge in [-0.2, -0.15) is 0 Å². The van der Waals surface area contributed by atoms with Crippen LogP contribution >= 0.6 is 0 Å². The lowest BCUT2D eigenvalue weighted by Gasteiger charge is -2.45. The molecule has 122 valence electrons. The van der Waals surface area contributed by atoms with Gasteiger partial charge in [0.2, 0.25) is 0 Å². The van der Waals surface area contributed by atoms with E-state index in [0.717, 1.165) is 37.9 Å². The minimum absolute atomic E-state index is 0.511. The summed E-state index contributed by atoms with van der Waals surface area (Å²) in [5.41, 5.74) is 0.511. The summed E-state index contributed by atoms with van der Waals surface area (Å²) in [6.07, 6.45) is 5.13. The van der Waals surface area contributed by atoms with Crippen molar-refractivity contribution in [2.75, 3.05) is 46.6 Å². The molecule has 0 N–H and O–H groups in total. The van der Waals surface area contributed by atoms with Crippen LogP contribution in [0.5, 0.6) is 11.5 Å². The molecule has 4 nitrogen and oxygen atoms in total. The summed E-state index contributed by atoms with van der Waals surface area (Å²) >= 11 is 0. The van der Waals surface area contributed by atoms with Gasteiger partial charge in [-0.1, -0.05) is 0 Å². The number of benzene rings is 1. The van der Waals surface area contributed by atoms with Crippen molar-refractivity contribution in [1.82, 2.24) is 4.90 Å². The monoisotopic (exact) mass is 305 g/mol. The largest absolute Gasteiger partial charge is 0.497 e. The van der Waals surface area contributed by atoms with Crippen molar-refractivity contribution < 1.29 is 14.2 Å². The summed E-state index contributed by atoms with van der Waals surface area (Å²) in [4.78, 5) is 2.57. The van der Waals surface area contributed by atoms with Crippen molar-refractivity contribution in [3.8, 4) is 11.5 Å². The highest BCUT2D eigenvalue weighted by Gasteiger charge is 2.36. The van der Waals surface area contributed by atoms with Gasteiger partial charge in [0.1, 0.15) is 18.1 Å². The Hall–Kier alpha value is -1.26. The Morgan fingerprint density at radius 2 is 1.82 bits per heavy atom.